The minimum atomic E-state index is -3.63. The molecule has 0 aromatic heterocycles. The van der Waals surface area contributed by atoms with E-state index in [1.165, 1.54) is 27.6 Å². The highest BCUT2D eigenvalue weighted by atomic mass is 35.5. The Morgan fingerprint density at radius 3 is 2.58 bits per heavy atom. The second-order valence-corrected chi connectivity index (χ2v) is 9.62. The van der Waals surface area contributed by atoms with Crippen molar-refractivity contribution in [2.24, 2.45) is 0 Å². The molecule has 138 valence electrons. The van der Waals surface area contributed by atoms with Gasteiger partial charge in [0.05, 0.1) is 5.02 Å². The van der Waals surface area contributed by atoms with Crippen LogP contribution in [0.25, 0.3) is 0 Å². The van der Waals surface area contributed by atoms with Crippen molar-refractivity contribution >= 4 is 33.2 Å². The lowest BCUT2D eigenvalue weighted by Crippen LogP contribution is -2.41. The number of benzene rings is 2. The zero-order chi connectivity index (χ0) is 18.3. The predicted octanol–water partition coefficient (Wildman–Crippen LogP) is 3.81. The molecule has 0 N–H and O–H groups in total. The van der Waals surface area contributed by atoms with Gasteiger partial charge in [0.2, 0.25) is 10.0 Å². The Labute approximate surface area is 164 Å². The van der Waals surface area contributed by atoms with Gasteiger partial charge in [0, 0.05) is 37.2 Å². The lowest BCUT2D eigenvalue weighted by atomic mass is 9.98. The molecule has 2 aromatic carbocycles. The summed E-state index contributed by atoms with van der Waals surface area (Å²) in [5.41, 5.74) is 2.75. The zero-order valence-electron chi connectivity index (χ0n) is 14.2. The van der Waals surface area contributed by atoms with Crippen LogP contribution in [0.1, 0.15) is 17.5 Å². The summed E-state index contributed by atoms with van der Waals surface area (Å²) in [6.07, 6.45) is 1.85. The Bertz CT molecular complexity index is 933. The van der Waals surface area contributed by atoms with Crippen LogP contribution in [0.3, 0.4) is 0 Å². The fourth-order valence-corrected chi connectivity index (χ4v) is 6.10. The third-order valence-corrected chi connectivity index (χ3v) is 7.90. The van der Waals surface area contributed by atoms with Crippen molar-refractivity contribution in [1.82, 2.24) is 9.21 Å². The summed E-state index contributed by atoms with van der Waals surface area (Å²) < 4.78 is 27.5. The summed E-state index contributed by atoms with van der Waals surface area (Å²) in [5, 5.41) is 0.584. The van der Waals surface area contributed by atoms with E-state index in [1.54, 1.807) is 6.07 Å². The van der Waals surface area contributed by atoms with Gasteiger partial charge < -0.3 is 0 Å². The summed E-state index contributed by atoms with van der Waals surface area (Å²) >= 11 is 12.1. The van der Waals surface area contributed by atoms with Gasteiger partial charge in [-0.3, -0.25) is 4.90 Å². The van der Waals surface area contributed by atoms with Crippen LogP contribution in [0.4, 0.5) is 0 Å². The van der Waals surface area contributed by atoms with Crippen molar-refractivity contribution in [2.45, 2.75) is 30.3 Å². The molecule has 0 radical (unpaired) electrons. The molecule has 2 aliphatic rings. The third-order valence-electron chi connectivity index (χ3n) is 5.31. The number of sulfonamides is 1. The number of hydrogen-bond donors (Lipinski definition) is 0. The minimum absolute atomic E-state index is 0.0938. The maximum Gasteiger partial charge on any atom is 0.244 e. The first-order valence-electron chi connectivity index (χ1n) is 8.71. The summed E-state index contributed by atoms with van der Waals surface area (Å²) in [6, 6.07) is 13.3. The van der Waals surface area contributed by atoms with E-state index in [9.17, 15) is 8.42 Å². The monoisotopic (exact) mass is 410 g/mol. The minimum Gasteiger partial charge on any atom is -0.294 e. The van der Waals surface area contributed by atoms with Gasteiger partial charge in [0.25, 0.3) is 0 Å². The topological polar surface area (TPSA) is 40.6 Å². The molecule has 2 aromatic rings. The first kappa shape index (κ1) is 18.3. The van der Waals surface area contributed by atoms with Crippen LogP contribution in [0.15, 0.2) is 47.4 Å². The number of rotatable bonds is 3. The van der Waals surface area contributed by atoms with Crippen LogP contribution in [0, 0.1) is 0 Å². The van der Waals surface area contributed by atoms with Crippen molar-refractivity contribution in [1.29, 1.82) is 0 Å². The second kappa shape index (κ2) is 7.13. The highest BCUT2D eigenvalue weighted by Gasteiger charge is 2.37. The van der Waals surface area contributed by atoms with Gasteiger partial charge in [-0.25, -0.2) is 8.42 Å². The number of hydrogen-bond acceptors (Lipinski definition) is 3. The highest BCUT2D eigenvalue weighted by molar-refractivity contribution is 7.89. The third kappa shape index (κ3) is 3.39. The standard InChI is InChI=1S/C19H20Cl2N2O2S/c20-16-5-6-18(21)19(11-16)26(24,25)23-10-8-17(13-23)22-9-7-14-3-1-2-4-15(14)12-22/h1-6,11,17H,7-10,12-13H2/t17-/m1/s1. The molecule has 0 unspecified atom stereocenters. The molecule has 2 aliphatic heterocycles. The molecule has 0 saturated carbocycles. The Balaban J connectivity index is 1.51. The quantitative estimate of drug-likeness (QED) is 0.771. The van der Waals surface area contributed by atoms with Gasteiger partial charge in [-0.05, 0) is 42.2 Å². The fourth-order valence-electron chi connectivity index (χ4n) is 3.87. The van der Waals surface area contributed by atoms with Gasteiger partial charge in [-0.15, -0.1) is 0 Å². The summed E-state index contributed by atoms with van der Waals surface area (Å²) in [7, 11) is -3.63. The SMILES string of the molecule is O=S(=O)(c1cc(Cl)ccc1Cl)N1CC[C@@H](N2CCc3ccccc3C2)C1. The molecule has 0 aliphatic carbocycles. The maximum atomic E-state index is 13.0. The van der Waals surface area contributed by atoms with Crippen molar-refractivity contribution in [3.05, 3.63) is 63.6 Å². The van der Waals surface area contributed by atoms with Crippen LogP contribution >= 0.6 is 23.2 Å². The van der Waals surface area contributed by atoms with Crippen LogP contribution < -0.4 is 0 Å². The first-order valence-corrected chi connectivity index (χ1v) is 10.9. The van der Waals surface area contributed by atoms with E-state index >= 15 is 0 Å². The number of fused-ring (bicyclic) bond motifs is 1. The van der Waals surface area contributed by atoms with E-state index in [0.717, 1.165) is 25.9 Å². The molecular formula is C19H20Cl2N2O2S. The van der Waals surface area contributed by atoms with E-state index in [4.69, 9.17) is 23.2 Å². The van der Waals surface area contributed by atoms with E-state index in [1.807, 2.05) is 0 Å². The summed E-state index contributed by atoms with van der Waals surface area (Å²) in [5.74, 6) is 0. The van der Waals surface area contributed by atoms with Crippen LogP contribution in [0.2, 0.25) is 10.0 Å². The predicted molar refractivity (Wildman–Crippen MR) is 104 cm³/mol. The molecule has 4 rings (SSSR count). The van der Waals surface area contributed by atoms with E-state index in [2.05, 4.69) is 29.2 Å². The lowest BCUT2D eigenvalue weighted by molar-refractivity contribution is 0.185. The van der Waals surface area contributed by atoms with Gasteiger partial charge in [-0.1, -0.05) is 47.5 Å². The Morgan fingerprint density at radius 1 is 1.00 bits per heavy atom. The van der Waals surface area contributed by atoms with Crippen LogP contribution in [-0.2, 0) is 23.0 Å². The Morgan fingerprint density at radius 2 is 1.77 bits per heavy atom. The molecule has 0 spiro atoms. The first-order chi connectivity index (χ1) is 12.4. The molecule has 1 fully saturated rings. The van der Waals surface area contributed by atoms with Crippen molar-refractivity contribution in [2.75, 3.05) is 19.6 Å². The Kier molecular flexibility index (Phi) is 5.01. The Hall–Kier alpha value is -1.11. The van der Waals surface area contributed by atoms with Gasteiger partial charge >= 0.3 is 0 Å². The van der Waals surface area contributed by atoms with Gasteiger partial charge in [-0.2, -0.15) is 4.31 Å². The molecule has 0 bridgehead atoms. The number of nitrogens with zero attached hydrogens (tertiary/aromatic N) is 2. The average molecular weight is 411 g/mol. The molecule has 0 amide bonds. The zero-order valence-corrected chi connectivity index (χ0v) is 16.6. The van der Waals surface area contributed by atoms with E-state index < -0.39 is 10.0 Å². The molecule has 7 heteroatoms. The summed E-state index contributed by atoms with van der Waals surface area (Å²) in [6.45, 7) is 2.85. The van der Waals surface area contributed by atoms with E-state index in [0.29, 0.717) is 18.1 Å². The molecule has 1 saturated heterocycles. The molecule has 1 atom stereocenters. The molecule has 4 nitrogen and oxygen atoms in total. The van der Waals surface area contributed by atoms with Crippen LogP contribution in [0.5, 0.6) is 0 Å². The summed E-state index contributed by atoms with van der Waals surface area (Å²) in [4.78, 5) is 2.49. The highest BCUT2D eigenvalue weighted by Crippen LogP contribution is 2.31. The normalized spacial score (nSPS) is 21.7. The molecular weight excluding hydrogens is 391 g/mol. The van der Waals surface area contributed by atoms with Crippen molar-refractivity contribution < 1.29 is 8.42 Å². The van der Waals surface area contributed by atoms with Crippen molar-refractivity contribution in [3.63, 3.8) is 0 Å². The lowest BCUT2D eigenvalue weighted by Gasteiger charge is -2.33. The molecule has 26 heavy (non-hydrogen) atoms. The van der Waals surface area contributed by atoms with Crippen LogP contribution in [-0.4, -0.2) is 43.3 Å². The maximum absolute atomic E-state index is 13.0. The fraction of sp³-hybridized carbons (Fsp3) is 0.368. The van der Waals surface area contributed by atoms with Gasteiger partial charge in [0.1, 0.15) is 4.90 Å². The molecule has 2 heterocycles. The average Bonchev–Trinajstić information content (AvgIpc) is 3.14. The van der Waals surface area contributed by atoms with Gasteiger partial charge in [0.15, 0.2) is 0 Å². The number of halogens is 2. The smallest absolute Gasteiger partial charge is 0.244 e. The van der Waals surface area contributed by atoms with E-state index in [-0.39, 0.29) is 16.0 Å². The largest absolute Gasteiger partial charge is 0.294 e. The second-order valence-electron chi connectivity index (χ2n) is 6.87. The van der Waals surface area contributed by atoms with Crippen molar-refractivity contribution in [3.8, 4) is 0 Å².